The molecule has 0 aromatic heterocycles. The molecule has 4 nitrogen and oxygen atoms in total. The molecule has 3 rings (SSSR count). The van der Waals surface area contributed by atoms with Crippen molar-refractivity contribution in [2.24, 2.45) is 0 Å². The van der Waals surface area contributed by atoms with E-state index in [4.69, 9.17) is 0 Å². The Morgan fingerprint density at radius 2 is 2.06 bits per heavy atom. The minimum absolute atomic E-state index is 0.119. The molecule has 3 aliphatic heterocycles. The van der Waals surface area contributed by atoms with Crippen LogP contribution in [0, 0.1) is 0 Å². The Morgan fingerprint density at radius 1 is 1.24 bits per heavy atom. The van der Waals surface area contributed by atoms with Gasteiger partial charge in [-0.3, -0.25) is 4.90 Å². The van der Waals surface area contributed by atoms with Crippen LogP contribution < -0.4 is 5.32 Å². The van der Waals surface area contributed by atoms with Gasteiger partial charge in [-0.1, -0.05) is 0 Å². The van der Waals surface area contributed by atoms with E-state index in [0.29, 0.717) is 6.04 Å². The van der Waals surface area contributed by atoms with Gasteiger partial charge in [0.25, 0.3) is 0 Å². The molecule has 4 heteroatoms. The largest absolute Gasteiger partial charge is 0.392 e. The molecule has 3 aliphatic rings. The second-order valence-corrected chi connectivity index (χ2v) is 6.09. The second kappa shape index (κ2) is 4.84. The van der Waals surface area contributed by atoms with E-state index in [-0.39, 0.29) is 6.10 Å². The van der Waals surface area contributed by atoms with Crippen molar-refractivity contribution < 1.29 is 5.11 Å². The molecule has 0 spiro atoms. The normalized spacial score (nSPS) is 44.1. The van der Waals surface area contributed by atoms with E-state index in [1.165, 1.54) is 32.4 Å². The van der Waals surface area contributed by atoms with Crippen LogP contribution in [-0.2, 0) is 0 Å². The van der Waals surface area contributed by atoms with Crippen LogP contribution in [0.1, 0.15) is 25.7 Å². The third kappa shape index (κ3) is 2.50. The van der Waals surface area contributed by atoms with Crippen molar-refractivity contribution >= 4 is 0 Å². The van der Waals surface area contributed by atoms with E-state index in [9.17, 15) is 5.11 Å². The first-order valence-electron chi connectivity index (χ1n) is 7.08. The highest BCUT2D eigenvalue weighted by Crippen LogP contribution is 2.28. The number of nitrogens with zero attached hydrogens (tertiary/aromatic N) is 2. The molecule has 0 aromatic rings. The number of fused-ring (bicyclic) bond motifs is 2. The summed E-state index contributed by atoms with van der Waals surface area (Å²) in [6.07, 6.45) is 4.90. The summed E-state index contributed by atoms with van der Waals surface area (Å²) in [4.78, 5) is 5.20. The van der Waals surface area contributed by atoms with Crippen LogP contribution in [0.5, 0.6) is 0 Å². The zero-order valence-corrected chi connectivity index (χ0v) is 10.8. The molecule has 3 fully saturated rings. The monoisotopic (exact) mass is 239 g/mol. The topological polar surface area (TPSA) is 38.7 Å². The fraction of sp³-hybridized carbons (Fsp3) is 1.00. The molecule has 3 saturated heterocycles. The maximum Gasteiger partial charge on any atom is 0.0680 e. The summed E-state index contributed by atoms with van der Waals surface area (Å²) in [7, 11) is 2.30. The molecule has 4 atom stereocenters. The van der Waals surface area contributed by atoms with E-state index >= 15 is 0 Å². The molecular weight excluding hydrogens is 214 g/mol. The van der Waals surface area contributed by atoms with Crippen LogP contribution in [0.2, 0.25) is 0 Å². The van der Waals surface area contributed by atoms with Crippen LogP contribution in [0.3, 0.4) is 0 Å². The molecule has 0 aromatic carbocycles. The number of aliphatic hydroxyl groups is 1. The van der Waals surface area contributed by atoms with Crippen LogP contribution >= 0.6 is 0 Å². The third-order valence-corrected chi connectivity index (χ3v) is 4.91. The highest BCUT2D eigenvalue weighted by atomic mass is 16.3. The van der Waals surface area contributed by atoms with Gasteiger partial charge in [0.2, 0.25) is 0 Å². The summed E-state index contributed by atoms with van der Waals surface area (Å²) < 4.78 is 0. The van der Waals surface area contributed by atoms with E-state index < -0.39 is 0 Å². The van der Waals surface area contributed by atoms with Crippen molar-refractivity contribution in [3.8, 4) is 0 Å². The molecule has 2 bridgehead atoms. The van der Waals surface area contributed by atoms with Gasteiger partial charge in [0.05, 0.1) is 6.10 Å². The van der Waals surface area contributed by atoms with Gasteiger partial charge in [-0.2, -0.15) is 0 Å². The van der Waals surface area contributed by atoms with E-state index in [0.717, 1.165) is 31.6 Å². The summed E-state index contributed by atoms with van der Waals surface area (Å²) in [5, 5.41) is 13.0. The molecule has 3 heterocycles. The fourth-order valence-corrected chi connectivity index (χ4v) is 3.79. The van der Waals surface area contributed by atoms with E-state index in [1.54, 1.807) is 0 Å². The highest BCUT2D eigenvalue weighted by molar-refractivity contribution is 4.93. The second-order valence-electron chi connectivity index (χ2n) is 6.09. The molecule has 4 unspecified atom stereocenters. The molecule has 2 N–H and O–H groups in total. The Labute approximate surface area is 104 Å². The Bertz CT molecular complexity index is 273. The number of hydrogen-bond donors (Lipinski definition) is 2. The smallest absolute Gasteiger partial charge is 0.0680 e. The standard InChI is InChI=1S/C13H25N3O/c1-15-11-2-3-12(15)9-16(5-4-11)8-10-6-13(17)7-14-10/h10-14,17H,2-9H2,1H3. The van der Waals surface area contributed by atoms with Crippen molar-refractivity contribution in [1.82, 2.24) is 15.1 Å². The summed E-state index contributed by atoms with van der Waals surface area (Å²) >= 11 is 0. The lowest BCUT2D eigenvalue weighted by molar-refractivity contribution is 0.182. The summed E-state index contributed by atoms with van der Waals surface area (Å²) in [5.41, 5.74) is 0. The van der Waals surface area contributed by atoms with Gasteiger partial charge in [0.1, 0.15) is 0 Å². The first-order chi connectivity index (χ1) is 8.22. The average molecular weight is 239 g/mol. The molecule has 0 aliphatic carbocycles. The molecule has 0 radical (unpaired) electrons. The van der Waals surface area contributed by atoms with Crippen molar-refractivity contribution in [3.05, 3.63) is 0 Å². The Balaban J connectivity index is 1.54. The molecule has 0 amide bonds. The predicted molar refractivity (Wildman–Crippen MR) is 68.0 cm³/mol. The van der Waals surface area contributed by atoms with Crippen molar-refractivity contribution in [2.45, 2.75) is 49.9 Å². The number of nitrogens with one attached hydrogen (secondary N) is 1. The number of hydrogen-bond acceptors (Lipinski definition) is 4. The Morgan fingerprint density at radius 3 is 2.82 bits per heavy atom. The Kier molecular flexibility index (Phi) is 3.39. The fourth-order valence-electron chi connectivity index (χ4n) is 3.79. The van der Waals surface area contributed by atoms with Gasteiger partial charge >= 0.3 is 0 Å². The van der Waals surface area contributed by atoms with E-state index in [1.807, 2.05) is 0 Å². The first-order valence-corrected chi connectivity index (χ1v) is 7.08. The summed E-state index contributed by atoms with van der Waals surface area (Å²) in [6.45, 7) is 4.36. The van der Waals surface area contributed by atoms with Gasteiger partial charge < -0.3 is 15.3 Å². The SMILES string of the molecule is CN1C2CCC1CN(CC1CC(O)CN1)CC2. The number of aliphatic hydroxyl groups excluding tert-OH is 1. The summed E-state index contributed by atoms with van der Waals surface area (Å²) in [6, 6.07) is 2.10. The van der Waals surface area contributed by atoms with Gasteiger partial charge in [-0.05, 0) is 39.3 Å². The quantitative estimate of drug-likeness (QED) is 0.704. The number of likely N-dealkylation sites (N-methyl/N-ethyl adjacent to an activating group) is 1. The highest BCUT2D eigenvalue weighted by Gasteiger charge is 2.35. The van der Waals surface area contributed by atoms with Crippen molar-refractivity contribution in [3.63, 3.8) is 0 Å². The number of rotatable bonds is 2. The van der Waals surface area contributed by atoms with E-state index in [2.05, 4.69) is 22.2 Å². The minimum Gasteiger partial charge on any atom is -0.392 e. The molecular formula is C13H25N3O. The van der Waals surface area contributed by atoms with Crippen LogP contribution in [0.25, 0.3) is 0 Å². The number of likely N-dealkylation sites (tertiary alicyclic amines) is 1. The van der Waals surface area contributed by atoms with Crippen LogP contribution in [0.4, 0.5) is 0 Å². The van der Waals surface area contributed by atoms with Gasteiger partial charge in [-0.15, -0.1) is 0 Å². The lowest BCUT2D eigenvalue weighted by atomic mass is 10.1. The minimum atomic E-state index is -0.119. The van der Waals surface area contributed by atoms with Gasteiger partial charge in [-0.25, -0.2) is 0 Å². The first kappa shape index (κ1) is 11.9. The van der Waals surface area contributed by atoms with Gasteiger partial charge in [0.15, 0.2) is 0 Å². The van der Waals surface area contributed by atoms with Crippen molar-refractivity contribution in [2.75, 3.05) is 33.2 Å². The molecule has 17 heavy (non-hydrogen) atoms. The zero-order chi connectivity index (χ0) is 11.8. The van der Waals surface area contributed by atoms with Gasteiger partial charge in [0, 0.05) is 37.8 Å². The van der Waals surface area contributed by atoms with Crippen LogP contribution in [-0.4, -0.2) is 72.4 Å². The predicted octanol–water partition coefficient (Wildman–Crippen LogP) is -0.122. The zero-order valence-electron chi connectivity index (χ0n) is 10.8. The molecule has 0 saturated carbocycles. The maximum absolute atomic E-state index is 9.54. The lowest BCUT2D eigenvalue weighted by Crippen LogP contribution is -2.42. The maximum atomic E-state index is 9.54. The number of β-amino-alcohol motifs (C(OH)–C–C–N with tert-alkyl or cyclic N) is 1. The summed E-state index contributed by atoms with van der Waals surface area (Å²) in [5.74, 6) is 0. The lowest BCUT2D eigenvalue weighted by Gasteiger charge is -2.27. The average Bonchev–Trinajstić information content (AvgIpc) is 2.77. The van der Waals surface area contributed by atoms with Crippen LogP contribution in [0.15, 0.2) is 0 Å². The molecule has 98 valence electrons. The third-order valence-electron chi connectivity index (χ3n) is 4.91. The Hall–Kier alpha value is -0.160. The van der Waals surface area contributed by atoms with Crippen molar-refractivity contribution in [1.29, 1.82) is 0 Å².